The summed E-state index contributed by atoms with van der Waals surface area (Å²) >= 11 is 0. The number of aryl methyl sites for hydroxylation is 2. The number of rotatable bonds is 4. The zero-order valence-electron chi connectivity index (χ0n) is 11.4. The Morgan fingerprint density at radius 3 is 2.58 bits per heavy atom. The van der Waals surface area contributed by atoms with E-state index in [1.165, 1.54) is 13.2 Å². The van der Waals surface area contributed by atoms with Gasteiger partial charge < -0.3 is 14.9 Å². The summed E-state index contributed by atoms with van der Waals surface area (Å²) in [7, 11) is 1.45. The fourth-order valence-electron chi connectivity index (χ4n) is 2.22. The molecule has 0 aliphatic rings. The quantitative estimate of drug-likeness (QED) is 0.920. The first-order chi connectivity index (χ1) is 9.01. The molecular weight excluding hydrogens is 245 g/mol. The van der Waals surface area contributed by atoms with Crippen LogP contribution in [0, 0.1) is 19.7 Å². The van der Waals surface area contributed by atoms with Crippen LogP contribution < -0.4 is 10.5 Å². The lowest BCUT2D eigenvalue weighted by atomic mass is 10.00. The van der Waals surface area contributed by atoms with Gasteiger partial charge in [0.05, 0.1) is 7.11 Å². The zero-order valence-corrected chi connectivity index (χ0v) is 11.4. The summed E-state index contributed by atoms with van der Waals surface area (Å²) in [5.41, 5.74) is 7.95. The summed E-state index contributed by atoms with van der Waals surface area (Å²) in [5, 5.41) is 0. The van der Waals surface area contributed by atoms with Gasteiger partial charge in [0, 0.05) is 11.6 Å². The lowest BCUT2D eigenvalue weighted by Crippen LogP contribution is -2.13. The van der Waals surface area contributed by atoms with Gasteiger partial charge in [-0.3, -0.25) is 0 Å². The van der Waals surface area contributed by atoms with Crippen LogP contribution in [0.2, 0.25) is 0 Å². The van der Waals surface area contributed by atoms with Crippen LogP contribution in [0.25, 0.3) is 0 Å². The Morgan fingerprint density at radius 2 is 2.05 bits per heavy atom. The van der Waals surface area contributed by atoms with E-state index >= 15 is 0 Å². The molecule has 1 unspecified atom stereocenters. The number of hydrogen-bond acceptors (Lipinski definition) is 3. The number of benzene rings is 1. The van der Waals surface area contributed by atoms with Crippen LogP contribution in [0.4, 0.5) is 4.39 Å². The standard InChI is InChI=1S/C15H18FNO2/c1-9-6-12(10(2)19-9)14(17)8-11-4-5-15(18-3)13(16)7-11/h4-7,14H,8,17H2,1-3H3. The van der Waals surface area contributed by atoms with Crippen molar-refractivity contribution >= 4 is 0 Å². The molecule has 0 saturated carbocycles. The van der Waals surface area contributed by atoms with Gasteiger partial charge >= 0.3 is 0 Å². The molecule has 1 aromatic carbocycles. The molecule has 0 aliphatic carbocycles. The smallest absolute Gasteiger partial charge is 0.165 e. The zero-order chi connectivity index (χ0) is 14.0. The van der Waals surface area contributed by atoms with Gasteiger partial charge in [-0.15, -0.1) is 0 Å². The van der Waals surface area contributed by atoms with Crippen LogP contribution in [-0.2, 0) is 6.42 Å². The van der Waals surface area contributed by atoms with Crippen molar-refractivity contribution < 1.29 is 13.5 Å². The summed E-state index contributed by atoms with van der Waals surface area (Å²) in [6.07, 6.45) is 0.556. The fraction of sp³-hybridized carbons (Fsp3) is 0.333. The molecule has 19 heavy (non-hydrogen) atoms. The molecular formula is C15H18FNO2. The molecule has 0 saturated heterocycles. The fourth-order valence-corrected chi connectivity index (χ4v) is 2.22. The Hall–Kier alpha value is -1.81. The lowest BCUT2D eigenvalue weighted by Gasteiger charge is -2.11. The van der Waals surface area contributed by atoms with Gasteiger partial charge in [-0.05, 0) is 44.0 Å². The van der Waals surface area contributed by atoms with Crippen LogP contribution in [-0.4, -0.2) is 7.11 Å². The minimum Gasteiger partial charge on any atom is -0.494 e. The summed E-state index contributed by atoms with van der Waals surface area (Å²) in [4.78, 5) is 0. The average Bonchev–Trinajstić information content (AvgIpc) is 2.69. The van der Waals surface area contributed by atoms with Gasteiger partial charge in [0.15, 0.2) is 11.6 Å². The van der Waals surface area contributed by atoms with E-state index < -0.39 is 0 Å². The van der Waals surface area contributed by atoms with Gasteiger partial charge in [-0.25, -0.2) is 4.39 Å². The molecule has 2 N–H and O–H groups in total. The number of hydrogen-bond donors (Lipinski definition) is 1. The number of ether oxygens (including phenoxy) is 1. The number of methoxy groups -OCH3 is 1. The molecule has 0 radical (unpaired) electrons. The summed E-state index contributed by atoms with van der Waals surface area (Å²) in [6.45, 7) is 3.77. The maximum absolute atomic E-state index is 13.6. The van der Waals surface area contributed by atoms with Crippen LogP contribution >= 0.6 is 0 Å². The SMILES string of the molecule is COc1ccc(CC(N)c2cc(C)oc2C)cc1F. The second-order valence-electron chi connectivity index (χ2n) is 4.65. The predicted molar refractivity (Wildman–Crippen MR) is 71.8 cm³/mol. The van der Waals surface area contributed by atoms with Crippen molar-refractivity contribution in [2.45, 2.75) is 26.3 Å². The first kappa shape index (κ1) is 13.6. The molecule has 0 spiro atoms. The Morgan fingerprint density at radius 1 is 1.32 bits per heavy atom. The molecule has 0 fully saturated rings. The van der Waals surface area contributed by atoms with Crippen molar-refractivity contribution in [2.75, 3.05) is 7.11 Å². The van der Waals surface area contributed by atoms with Crippen molar-refractivity contribution in [1.82, 2.24) is 0 Å². The number of halogens is 1. The maximum Gasteiger partial charge on any atom is 0.165 e. The molecule has 102 valence electrons. The molecule has 2 aromatic rings. The van der Waals surface area contributed by atoms with Crippen molar-refractivity contribution in [2.24, 2.45) is 5.73 Å². The van der Waals surface area contributed by atoms with Crippen molar-refractivity contribution in [3.63, 3.8) is 0 Å². The summed E-state index contributed by atoms with van der Waals surface area (Å²) < 4.78 is 24.0. The Labute approximate surface area is 112 Å². The molecule has 4 heteroatoms. The largest absolute Gasteiger partial charge is 0.494 e. The number of nitrogens with two attached hydrogens (primary N) is 1. The number of furan rings is 1. The molecule has 0 aliphatic heterocycles. The third kappa shape index (κ3) is 2.96. The molecule has 3 nitrogen and oxygen atoms in total. The van der Waals surface area contributed by atoms with E-state index in [0.29, 0.717) is 6.42 Å². The monoisotopic (exact) mass is 263 g/mol. The van der Waals surface area contributed by atoms with Crippen molar-refractivity contribution in [1.29, 1.82) is 0 Å². The van der Waals surface area contributed by atoms with E-state index in [2.05, 4.69) is 0 Å². The second kappa shape index (κ2) is 5.45. The summed E-state index contributed by atoms with van der Waals surface area (Å²) in [5.74, 6) is 1.53. The van der Waals surface area contributed by atoms with Gasteiger partial charge in [0.1, 0.15) is 11.5 Å². The average molecular weight is 263 g/mol. The summed E-state index contributed by atoms with van der Waals surface area (Å²) in [6, 6.07) is 6.63. The van der Waals surface area contributed by atoms with E-state index in [-0.39, 0.29) is 17.6 Å². The molecule has 1 aromatic heterocycles. The highest BCUT2D eigenvalue weighted by Gasteiger charge is 2.14. The van der Waals surface area contributed by atoms with Gasteiger partial charge in [-0.1, -0.05) is 6.07 Å². The first-order valence-electron chi connectivity index (χ1n) is 6.16. The van der Waals surface area contributed by atoms with E-state index in [1.54, 1.807) is 6.07 Å². The Balaban J connectivity index is 2.17. The lowest BCUT2D eigenvalue weighted by molar-refractivity contribution is 0.386. The predicted octanol–water partition coefficient (Wildman–Crippen LogP) is 3.29. The Bertz CT molecular complexity index is 578. The van der Waals surface area contributed by atoms with Crippen LogP contribution in [0.15, 0.2) is 28.7 Å². The van der Waals surface area contributed by atoms with Crippen LogP contribution in [0.3, 0.4) is 0 Å². The molecule has 0 amide bonds. The highest BCUT2D eigenvalue weighted by molar-refractivity contribution is 5.32. The highest BCUT2D eigenvalue weighted by Crippen LogP contribution is 2.25. The first-order valence-corrected chi connectivity index (χ1v) is 6.16. The third-order valence-corrected chi connectivity index (χ3v) is 3.15. The van der Waals surface area contributed by atoms with Crippen LogP contribution in [0.5, 0.6) is 5.75 Å². The topological polar surface area (TPSA) is 48.4 Å². The van der Waals surface area contributed by atoms with E-state index in [9.17, 15) is 4.39 Å². The van der Waals surface area contributed by atoms with Gasteiger partial charge in [0.25, 0.3) is 0 Å². The van der Waals surface area contributed by atoms with Gasteiger partial charge in [-0.2, -0.15) is 0 Å². The maximum atomic E-state index is 13.6. The Kier molecular flexibility index (Phi) is 3.90. The van der Waals surface area contributed by atoms with Gasteiger partial charge in [0.2, 0.25) is 0 Å². The highest BCUT2D eigenvalue weighted by atomic mass is 19.1. The minimum absolute atomic E-state index is 0.203. The molecule has 0 bridgehead atoms. The van der Waals surface area contributed by atoms with E-state index in [1.807, 2.05) is 26.0 Å². The second-order valence-corrected chi connectivity index (χ2v) is 4.65. The third-order valence-electron chi connectivity index (χ3n) is 3.15. The normalized spacial score (nSPS) is 12.5. The van der Waals surface area contributed by atoms with Crippen molar-refractivity contribution in [3.8, 4) is 5.75 Å². The molecule has 1 atom stereocenters. The molecule has 1 heterocycles. The minimum atomic E-state index is -0.368. The van der Waals surface area contributed by atoms with E-state index in [0.717, 1.165) is 22.6 Å². The van der Waals surface area contributed by atoms with Crippen molar-refractivity contribution in [3.05, 3.63) is 52.7 Å². The van der Waals surface area contributed by atoms with Crippen LogP contribution in [0.1, 0.15) is 28.7 Å². The molecule has 2 rings (SSSR count). The van der Waals surface area contributed by atoms with E-state index in [4.69, 9.17) is 14.9 Å².